The van der Waals surface area contributed by atoms with Crippen molar-refractivity contribution in [3.8, 4) is 5.82 Å². The van der Waals surface area contributed by atoms with Gasteiger partial charge in [0, 0.05) is 29.5 Å². The highest BCUT2D eigenvalue weighted by molar-refractivity contribution is 7.80. The molecule has 0 unspecified atom stereocenters. The normalized spacial score (nSPS) is 17.9. The van der Waals surface area contributed by atoms with Crippen LogP contribution in [0.1, 0.15) is 40.3 Å². The van der Waals surface area contributed by atoms with E-state index in [1.54, 1.807) is 18.3 Å². The van der Waals surface area contributed by atoms with E-state index in [-0.39, 0.29) is 17.9 Å². The van der Waals surface area contributed by atoms with Crippen LogP contribution in [0.25, 0.3) is 5.82 Å². The van der Waals surface area contributed by atoms with Crippen molar-refractivity contribution in [3.63, 3.8) is 0 Å². The predicted octanol–water partition coefficient (Wildman–Crippen LogP) is 5.51. The van der Waals surface area contributed by atoms with Gasteiger partial charge in [-0.05, 0) is 92.6 Å². The lowest BCUT2D eigenvalue weighted by Gasteiger charge is -2.28. The molecule has 4 heterocycles. The SMILES string of the molecule is Cc1cccnc1-n1c(C)cc([C@H]2[C@@H](c3ccccn3)NC(=S)N2c2ccc(F)cc2)c1C. The van der Waals surface area contributed by atoms with Crippen LogP contribution in [-0.2, 0) is 0 Å². The van der Waals surface area contributed by atoms with Crippen LogP contribution in [0.15, 0.2) is 73.1 Å². The highest BCUT2D eigenvalue weighted by Gasteiger charge is 2.42. The summed E-state index contributed by atoms with van der Waals surface area (Å²) in [5, 5.41) is 4.05. The van der Waals surface area contributed by atoms with Crippen LogP contribution >= 0.6 is 12.2 Å². The van der Waals surface area contributed by atoms with Gasteiger partial charge in [0.2, 0.25) is 0 Å². The number of nitrogens with zero attached hydrogens (tertiary/aromatic N) is 4. The van der Waals surface area contributed by atoms with E-state index in [4.69, 9.17) is 12.2 Å². The summed E-state index contributed by atoms with van der Waals surface area (Å²) in [4.78, 5) is 11.3. The lowest BCUT2D eigenvalue weighted by molar-refractivity contribution is 0.565. The average molecular weight is 458 g/mol. The Balaban J connectivity index is 1.69. The molecule has 0 aliphatic carbocycles. The molecule has 7 heteroatoms. The fourth-order valence-electron chi connectivity index (χ4n) is 4.68. The number of aryl methyl sites for hydroxylation is 2. The van der Waals surface area contributed by atoms with Gasteiger partial charge in [-0.2, -0.15) is 0 Å². The maximum absolute atomic E-state index is 13.7. The van der Waals surface area contributed by atoms with Crippen molar-refractivity contribution in [2.24, 2.45) is 0 Å². The fourth-order valence-corrected chi connectivity index (χ4v) is 5.02. The van der Waals surface area contributed by atoms with Gasteiger partial charge in [-0.3, -0.25) is 4.98 Å². The van der Waals surface area contributed by atoms with Gasteiger partial charge >= 0.3 is 0 Å². The molecule has 3 aromatic heterocycles. The van der Waals surface area contributed by atoms with Crippen LogP contribution in [0, 0.1) is 26.6 Å². The molecule has 1 N–H and O–H groups in total. The third kappa shape index (κ3) is 3.68. The molecule has 0 radical (unpaired) electrons. The van der Waals surface area contributed by atoms with Crippen molar-refractivity contribution >= 4 is 23.0 Å². The molecule has 33 heavy (non-hydrogen) atoms. The molecule has 4 aromatic rings. The summed E-state index contributed by atoms with van der Waals surface area (Å²) in [6.45, 7) is 6.26. The molecule has 0 bridgehead atoms. The van der Waals surface area contributed by atoms with E-state index in [9.17, 15) is 4.39 Å². The Morgan fingerprint density at radius 1 is 0.939 bits per heavy atom. The highest BCUT2D eigenvalue weighted by atomic mass is 32.1. The summed E-state index contributed by atoms with van der Waals surface area (Å²) in [5.41, 5.74) is 6.11. The average Bonchev–Trinajstić information content (AvgIpc) is 3.31. The molecule has 0 saturated carbocycles. The molecule has 0 spiro atoms. The van der Waals surface area contributed by atoms with Crippen molar-refractivity contribution < 1.29 is 4.39 Å². The quantitative estimate of drug-likeness (QED) is 0.410. The largest absolute Gasteiger partial charge is 0.351 e. The van der Waals surface area contributed by atoms with E-state index < -0.39 is 0 Å². The van der Waals surface area contributed by atoms with Crippen LogP contribution in [-0.4, -0.2) is 19.6 Å². The van der Waals surface area contributed by atoms with Gasteiger partial charge in [-0.15, -0.1) is 0 Å². The first-order chi connectivity index (χ1) is 16.0. The minimum atomic E-state index is -0.279. The summed E-state index contributed by atoms with van der Waals surface area (Å²) >= 11 is 5.78. The second-order valence-corrected chi connectivity index (χ2v) is 8.67. The second-order valence-electron chi connectivity index (χ2n) is 8.28. The number of hydrogen-bond acceptors (Lipinski definition) is 3. The monoisotopic (exact) mass is 457 g/mol. The summed E-state index contributed by atoms with van der Waals surface area (Å²) < 4.78 is 15.9. The number of thiocarbonyl (C=S) groups is 1. The first kappa shape index (κ1) is 21.3. The Kier molecular flexibility index (Phi) is 5.42. The summed E-state index contributed by atoms with van der Waals surface area (Å²) in [7, 11) is 0. The molecule has 1 aromatic carbocycles. The van der Waals surface area contributed by atoms with E-state index in [0.29, 0.717) is 5.11 Å². The molecule has 5 rings (SSSR count). The molecule has 1 fully saturated rings. The summed E-state index contributed by atoms with van der Waals surface area (Å²) in [6, 6.07) is 18.2. The molecule has 5 nitrogen and oxygen atoms in total. The zero-order valence-electron chi connectivity index (χ0n) is 18.7. The van der Waals surface area contributed by atoms with Crippen molar-refractivity contribution in [1.29, 1.82) is 0 Å². The maximum Gasteiger partial charge on any atom is 0.174 e. The standard InChI is InChI=1S/C26H24FN5S/c1-16-7-6-14-29-25(16)31-17(2)15-21(18(31)3)24-23(22-8-4-5-13-28-22)30-26(33)32(24)20-11-9-19(27)10-12-20/h4-15,23-24H,1-3H3,(H,30,33)/t23-,24+/m1/s1. The Morgan fingerprint density at radius 2 is 1.70 bits per heavy atom. The summed E-state index contributed by atoms with van der Waals surface area (Å²) in [5.74, 6) is 0.633. The number of benzene rings is 1. The van der Waals surface area contributed by atoms with Crippen LogP contribution < -0.4 is 10.2 Å². The van der Waals surface area contributed by atoms with Gasteiger partial charge in [-0.1, -0.05) is 12.1 Å². The minimum Gasteiger partial charge on any atom is -0.351 e. The molecule has 2 atom stereocenters. The number of pyridine rings is 2. The van der Waals surface area contributed by atoms with E-state index in [1.165, 1.54) is 12.1 Å². The highest BCUT2D eigenvalue weighted by Crippen LogP contribution is 2.43. The van der Waals surface area contributed by atoms with Gasteiger partial charge in [0.25, 0.3) is 0 Å². The van der Waals surface area contributed by atoms with Gasteiger partial charge in [0.05, 0.1) is 17.8 Å². The number of hydrogen-bond donors (Lipinski definition) is 1. The summed E-state index contributed by atoms with van der Waals surface area (Å²) in [6.07, 6.45) is 3.60. The molecule has 1 aliphatic heterocycles. The second kappa shape index (κ2) is 8.41. The Hall–Kier alpha value is -3.58. The zero-order valence-corrected chi connectivity index (χ0v) is 19.5. The molecular formula is C26H24FN5S. The van der Waals surface area contributed by atoms with Crippen LogP contribution in [0.5, 0.6) is 0 Å². The molecule has 166 valence electrons. The Labute approximate surface area is 197 Å². The Bertz CT molecular complexity index is 1320. The van der Waals surface area contributed by atoms with Crippen molar-refractivity contribution in [2.45, 2.75) is 32.9 Å². The van der Waals surface area contributed by atoms with E-state index in [2.05, 4.69) is 57.7 Å². The lowest BCUT2D eigenvalue weighted by Crippen LogP contribution is -2.29. The van der Waals surface area contributed by atoms with Crippen molar-refractivity contribution in [3.05, 3.63) is 107 Å². The van der Waals surface area contributed by atoms with Gasteiger partial charge < -0.3 is 14.8 Å². The first-order valence-electron chi connectivity index (χ1n) is 10.8. The Morgan fingerprint density at radius 3 is 2.39 bits per heavy atom. The zero-order chi connectivity index (χ0) is 23.1. The number of halogens is 1. The van der Waals surface area contributed by atoms with Crippen LogP contribution in [0.4, 0.5) is 10.1 Å². The number of aromatic nitrogens is 3. The topological polar surface area (TPSA) is 46.0 Å². The third-order valence-corrected chi connectivity index (χ3v) is 6.50. The van der Waals surface area contributed by atoms with Crippen LogP contribution in [0.3, 0.4) is 0 Å². The van der Waals surface area contributed by atoms with Gasteiger partial charge in [0.15, 0.2) is 5.11 Å². The van der Waals surface area contributed by atoms with E-state index >= 15 is 0 Å². The first-order valence-corrected chi connectivity index (χ1v) is 11.2. The fraction of sp³-hybridized carbons (Fsp3) is 0.192. The predicted molar refractivity (Wildman–Crippen MR) is 132 cm³/mol. The van der Waals surface area contributed by atoms with Gasteiger partial charge in [0.1, 0.15) is 11.6 Å². The van der Waals surface area contributed by atoms with Crippen LogP contribution in [0.2, 0.25) is 0 Å². The van der Waals surface area contributed by atoms with Crippen molar-refractivity contribution in [1.82, 2.24) is 19.9 Å². The van der Waals surface area contributed by atoms with Crippen molar-refractivity contribution in [2.75, 3.05) is 4.90 Å². The molecule has 0 amide bonds. The number of anilines is 1. The van der Waals surface area contributed by atoms with E-state index in [1.807, 2.05) is 30.5 Å². The minimum absolute atomic E-state index is 0.164. The molecular weight excluding hydrogens is 433 g/mol. The number of nitrogens with one attached hydrogen (secondary N) is 1. The van der Waals surface area contributed by atoms with E-state index in [0.717, 1.165) is 39.7 Å². The smallest absolute Gasteiger partial charge is 0.174 e. The number of rotatable bonds is 4. The van der Waals surface area contributed by atoms with Gasteiger partial charge in [-0.25, -0.2) is 9.37 Å². The lowest BCUT2D eigenvalue weighted by atomic mass is 9.96. The maximum atomic E-state index is 13.7. The molecule has 1 aliphatic rings. The molecule has 1 saturated heterocycles. The third-order valence-electron chi connectivity index (χ3n) is 6.19.